The van der Waals surface area contributed by atoms with Gasteiger partial charge in [-0.15, -0.1) is 0 Å². The van der Waals surface area contributed by atoms with E-state index in [0.29, 0.717) is 12.1 Å². The molecule has 0 amide bonds. The van der Waals surface area contributed by atoms with E-state index in [4.69, 9.17) is 0 Å². The summed E-state index contributed by atoms with van der Waals surface area (Å²) < 4.78 is 2.14. The molecule has 2 atom stereocenters. The van der Waals surface area contributed by atoms with E-state index in [-0.39, 0.29) is 0 Å². The minimum Gasteiger partial charge on any atom is -0.311 e. The van der Waals surface area contributed by atoms with Crippen molar-refractivity contribution in [2.24, 2.45) is 0 Å². The third-order valence-corrected chi connectivity index (χ3v) is 3.45. The molecule has 1 aromatic rings. The maximum atomic E-state index is 4.50. The molecule has 0 radical (unpaired) electrons. The van der Waals surface area contributed by atoms with E-state index in [9.17, 15) is 0 Å². The molecule has 1 saturated heterocycles. The second-order valence-electron chi connectivity index (χ2n) is 4.99. The molecule has 1 fully saturated rings. The lowest BCUT2D eigenvalue weighted by molar-refractivity contribution is 0.329. The quantitative estimate of drug-likeness (QED) is 0.848. The van der Waals surface area contributed by atoms with Gasteiger partial charge in [0.1, 0.15) is 0 Å². The van der Waals surface area contributed by atoms with E-state index >= 15 is 0 Å². The molecule has 2 heterocycles. The first-order valence-electron chi connectivity index (χ1n) is 6.48. The molecular formula is C13H23N3. The van der Waals surface area contributed by atoms with Gasteiger partial charge in [0.2, 0.25) is 0 Å². The van der Waals surface area contributed by atoms with Gasteiger partial charge in [0.05, 0.1) is 5.69 Å². The predicted octanol–water partition coefficient (Wildman–Crippen LogP) is 2.28. The number of hydrogen-bond donors (Lipinski definition) is 1. The molecule has 2 rings (SSSR count). The molecule has 0 aromatic carbocycles. The lowest BCUT2D eigenvalue weighted by Crippen LogP contribution is -2.42. The van der Waals surface area contributed by atoms with Gasteiger partial charge in [-0.05, 0) is 39.7 Å². The van der Waals surface area contributed by atoms with Crippen LogP contribution in [0.1, 0.15) is 44.5 Å². The average molecular weight is 221 g/mol. The average Bonchev–Trinajstić information content (AvgIpc) is 2.59. The van der Waals surface area contributed by atoms with Crippen LogP contribution in [0.25, 0.3) is 0 Å². The van der Waals surface area contributed by atoms with Crippen LogP contribution in [-0.4, -0.2) is 21.9 Å². The first-order valence-corrected chi connectivity index (χ1v) is 6.48. The Morgan fingerprint density at radius 3 is 3.00 bits per heavy atom. The molecule has 90 valence electrons. The molecule has 1 aromatic heterocycles. The molecule has 1 aliphatic heterocycles. The first kappa shape index (κ1) is 11.6. The summed E-state index contributed by atoms with van der Waals surface area (Å²) >= 11 is 0. The lowest BCUT2D eigenvalue weighted by atomic mass is 9.96. The predicted molar refractivity (Wildman–Crippen MR) is 66.6 cm³/mol. The zero-order valence-electron chi connectivity index (χ0n) is 10.7. The van der Waals surface area contributed by atoms with Gasteiger partial charge in [0.25, 0.3) is 0 Å². The van der Waals surface area contributed by atoms with E-state index in [1.807, 2.05) is 0 Å². The van der Waals surface area contributed by atoms with Gasteiger partial charge in [-0.25, -0.2) is 0 Å². The topological polar surface area (TPSA) is 29.9 Å². The maximum Gasteiger partial charge on any atom is 0.0596 e. The molecule has 0 bridgehead atoms. The van der Waals surface area contributed by atoms with Crippen molar-refractivity contribution in [1.29, 1.82) is 0 Å². The van der Waals surface area contributed by atoms with Crippen LogP contribution in [0, 0.1) is 6.92 Å². The molecule has 0 spiro atoms. The Morgan fingerprint density at radius 2 is 2.31 bits per heavy atom. The zero-order chi connectivity index (χ0) is 11.5. The molecule has 3 nitrogen and oxygen atoms in total. The molecule has 16 heavy (non-hydrogen) atoms. The first-order chi connectivity index (χ1) is 7.69. The van der Waals surface area contributed by atoms with Gasteiger partial charge < -0.3 is 5.32 Å². The van der Waals surface area contributed by atoms with Crippen molar-refractivity contribution >= 4 is 0 Å². The summed E-state index contributed by atoms with van der Waals surface area (Å²) in [6, 6.07) is 3.55. The van der Waals surface area contributed by atoms with Crippen molar-refractivity contribution in [1.82, 2.24) is 15.1 Å². The van der Waals surface area contributed by atoms with Crippen LogP contribution in [0.15, 0.2) is 6.07 Å². The van der Waals surface area contributed by atoms with Crippen LogP contribution in [0.2, 0.25) is 0 Å². The van der Waals surface area contributed by atoms with Gasteiger partial charge in [-0.2, -0.15) is 5.10 Å². The highest BCUT2D eigenvalue weighted by atomic mass is 15.3. The van der Waals surface area contributed by atoms with Crippen molar-refractivity contribution < 1.29 is 0 Å². The Kier molecular flexibility index (Phi) is 3.64. The van der Waals surface area contributed by atoms with E-state index in [2.05, 4.69) is 41.9 Å². The number of nitrogens with zero attached hydrogens (tertiary/aromatic N) is 2. The second kappa shape index (κ2) is 5.00. The van der Waals surface area contributed by atoms with Crippen molar-refractivity contribution in [3.05, 3.63) is 17.5 Å². The SMILES string of the molecule is CCn1nc(C)cc1CC1CCCC(C)N1. The molecular weight excluding hydrogens is 198 g/mol. The number of aromatic nitrogens is 2. The van der Waals surface area contributed by atoms with Crippen LogP contribution in [0.3, 0.4) is 0 Å². The highest BCUT2D eigenvalue weighted by molar-refractivity contribution is 5.10. The third-order valence-electron chi connectivity index (χ3n) is 3.45. The molecule has 3 heteroatoms. The van der Waals surface area contributed by atoms with Crippen LogP contribution in [0.5, 0.6) is 0 Å². The van der Waals surface area contributed by atoms with E-state index in [0.717, 1.165) is 18.7 Å². The molecule has 1 N–H and O–H groups in total. The van der Waals surface area contributed by atoms with E-state index in [1.54, 1.807) is 0 Å². The van der Waals surface area contributed by atoms with Crippen LogP contribution < -0.4 is 5.32 Å². The third kappa shape index (κ3) is 2.64. The second-order valence-corrected chi connectivity index (χ2v) is 4.99. The summed E-state index contributed by atoms with van der Waals surface area (Å²) in [6.07, 6.45) is 5.11. The standard InChI is InChI=1S/C13H23N3/c1-4-16-13(8-11(3)15-16)9-12-7-5-6-10(2)14-12/h8,10,12,14H,4-7,9H2,1-3H3. The fourth-order valence-corrected chi connectivity index (χ4v) is 2.69. The van der Waals surface area contributed by atoms with Gasteiger partial charge >= 0.3 is 0 Å². The monoisotopic (exact) mass is 221 g/mol. The number of piperidine rings is 1. The highest BCUT2D eigenvalue weighted by Gasteiger charge is 2.19. The van der Waals surface area contributed by atoms with Crippen LogP contribution >= 0.6 is 0 Å². The Labute approximate surface area is 98.2 Å². The molecule has 1 aliphatic rings. The highest BCUT2D eigenvalue weighted by Crippen LogP contribution is 2.16. The summed E-state index contributed by atoms with van der Waals surface area (Å²) in [4.78, 5) is 0. The van der Waals surface area contributed by atoms with E-state index < -0.39 is 0 Å². The summed E-state index contributed by atoms with van der Waals surface area (Å²) in [5.41, 5.74) is 2.52. The Balaban J connectivity index is 2.02. The summed E-state index contributed by atoms with van der Waals surface area (Å²) in [7, 11) is 0. The van der Waals surface area contributed by atoms with Gasteiger partial charge in [-0.3, -0.25) is 4.68 Å². The van der Waals surface area contributed by atoms with Gasteiger partial charge in [-0.1, -0.05) is 6.42 Å². The summed E-state index contributed by atoms with van der Waals surface area (Å²) in [5.74, 6) is 0. The Hall–Kier alpha value is -0.830. The summed E-state index contributed by atoms with van der Waals surface area (Å²) in [6.45, 7) is 7.50. The van der Waals surface area contributed by atoms with Crippen molar-refractivity contribution in [3.63, 3.8) is 0 Å². The van der Waals surface area contributed by atoms with Gasteiger partial charge in [0.15, 0.2) is 0 Å². The molecule has 2 unspecified atom stereocenters. The van der Waals surface area contributed by atoms with Crippen LogP contribution in [0.4, 0.5) is 0 Å². The molecule has 0 aliphatic carbocycles. The molecule has 0 saturated carbocycles. The maximum absolute atomic E-state index is 4.50. The van der Waals surface area contributed by atoms with E-state index in [1.165, 1.54) is 25.0 Å². The lowest BCUT2D eigenvalue weighted by Gasteiger charge is -2.28. The number of aryl methyl sites for hydroxylation is 2. The van der Waals surface area contributed by atoms with Crippen LogP contribution in [-0.2, 0) is 13.0 Å². The minimum atomic E-state index is 0.644. The zero-order valence-corrected chi connectivity index (χ0v) is 10.7. The van der Waals surface area contributed by atoms with Crippen molar-refractivity contribution in [2.45, 2.75) is 65.1 Å². The number of nitrogens with one attached hydrogen (secondary N) is 1. The minimum absolute atomic E-state index is 0.644. The smallest absolute Gasteiger partial charge is 0.0596 e. The number of rotatable bonds is 3. The fraction of sp³-hybridized carbons (Fsp3) is 0.769. The van der Waals surface area contributed by atoms with Crippen molar-refractivity contribution in [3.8, 4) is 0 Å². The Bertz CT molecular complexity index is 343. The summed E-state index contributed by atoms with van der Waals surface area (Å²) in [5, 5.41) is 8.19. The Morgan fingerprint density at radius 1 is 1.50 bits per heavy atom. The van der Waals surface area contributed by atoms with Gasteiger partial charge in [0, 0.05) is 30.7 Å². The normalized spacial score (nSPS) is 25.9. The van der Waals surface area contributed by atoms with Crippen molar-refractivity contribution in [2.75, 3.05) is 0 Å². The fourth-order valence-electron chi connectivity index (χ4n) is 2.69. The number of hydrogen-bond acceptors (Lipinski definition) is 2. The largest absolute Gasteiger partial charge is 0.311 e.